The van der Waals surface area contributed by atoms with Gasteiger partial charge in [0.25, 0.3) is 11.6 Å². The number of nitro benzene ring substituents is 1. The molecule has 2 atom stereocenters. The van der Waals surface area contributed by atoms with E-state index in [1.807, 2.05) is 0 Å². The topological polar surface area (TPSA) is 119 Å². The molecule has 0 aromatic heterocycles. The first-order valence-corrected chi connectivity index (χ1v) is 7.52. The monoisotopic (exact) mass is 336 g/mol. The summed E-state index contributed by atoms with van der Waals surface area (Å²) in [5, 5.41) is 20.5. The first-order valence-electron chi connectivity index (χ1n) is 7.52. The lowest BCUT2D eigenvalue weighted by Crippen LogP contribution is -2.38. The number of carbonyl (C=O) groups is 2. The molecule has 128 valence electrons. The number of amides is 1. The van der Waals surface area contributed by atoms with Crippen molar-refractivity contribution >= 4 is 17.6 Å². The Morgan fingerprint density at radius 3 is 2.46 bits per heavy atom. The number of carboxylic acid groups (broad SMARTS) is 1. The fourth-order valence-corrected chi connectivity index (χ4v) is 3.11. The zero-order chi connectivity index (χ0) is 17.4. The number of carboxylic acids is 1. The first kappa shape index (κ1) is 16.0. The van der Waals surface area contributed by atoms with E-state index in [2.05, 4.69) is 0 Å². The van der Waals surface area contributed by atoms with Crippen LogP contribution in [0, 0.1) is 16.0 Å². The van der Waals surface area contributed by atoms with Gasteiger partial charge in [-0.2, -0.15) is 0 Å². The predicted octanol–water partition coefficient (Wildman–Crippen LogP) is 1.30. The largest absolute Gasteiger partial charge is 0.486 e. The number of nitro groups is 1. The third-order valence-corrected chi connectivity index (χ3v) is 4.42. The van der Waals surface area contributed by atoms with Crippen LogP contribution in [0.2, 0.25) is 0 Å². The van der Waals surface area contributed by atoms with Gasteiger partial charge >= 0.3 is 5.97 Å². The van der Waals surface area contributed by atoms with Gasteiger partial charge in [-0.3, -0.25) is 19.7 Å². The Labute approximate surface area is 136 Å². The smallest absolute Gasteiger partial charge is 0.308 e. The van der Waals surface area contributed by atoms with Crippen LogP contribution < -0.4 is 9.47 Å². The first-order chi connectivity index (χ1) is 11.4. The number of benzene rings is 1. The zero-order valence-corrected chi connectivity index (χ0v) is 12.9. The molecule has 0 radical (unpaired) electrons. The van der Waals surface area contributed by atoms with Crippen LogP contribution in [0.3, 0.4) is 0 Å². The van der Waals surface area contributed by atoms with E-state index in [1.54, 1.807) is 6.92 Å². The van der Waals surface area contributed by atoms with E-state index in [4.69, 9.17) is 9.47 Å². The van der Waals surface area contributed by atoms with Crippen molar-refractivity contribution in [2.24, 2.45) is 5.92 Å². The molecule has 0 aliphatic carbocycles. The van der Waals surface area contributed by atoms with E-state index in [0.29, 0.717) is 13.0 Å². The molecule has 1 amide bonds. The normalized spacial score (nSPS) is 22.3. The second-order valence-corrected chi connectivity index (χ2v) is 5.74. The van der Waals surface area contributed by atoms with Crippen LogP contribution in [-0.2, 0) is 4.79 Å². The van der Waals surface area contributed by atoms with Gasteiger partial charge in [0.1, 0.15) is 18.8 Å². The van der Waals surface area contributed by atoms with Gasteiger partial charge in [0.2, 0.25) is 0 Å². The third kappa shape index (κ3) is 2.61. The number of hydrogen-bond donors (Lipinski definition) is 1. The maximum absolute atomic E-state index is 12.8. The lowest BCUT2D eigenvalue weighted by atomic mass is 10.0. The number of ether oxygens (including phenoxy) is 2. The van der Waals surface area contributed by atoms with Crippen molar-refractivity contribution in [2.75, 3.05) is 19.8 Å². The lowest BCUT2D eigenvalue weighted by Gasteiger charge is -2.24. The molecular formula is C15H16N2O7. The summed E-state index contributed by atoms with van der Waals surface area (Å²) in [5.41, 5.74) is -0.502. The maximum Gasteiger partial charge on any atom is 0.308 e. The molecule has 2 heterocycles. The highest BCUT2D eigenvalue weighted by atomic mass is 16.6. The van der Waals surface area contributed by atoms with Crippen molar-refractivity contribution in [3.63, 3.8) is 0 Å². The molecule has 1 N–H and O–H groups in total. The van der Waals surface area contributed by atoms with Gasteiger partial charge in [-0.25, -0.2) is 0 Å². The van der Waals surface area contributed by atoms with Gasteiger partial charge in [-0.1, -0.05) is 0 Å². The quantitative estimate of drug-likeness (QED) is 0.652. The molecule has 1 fully saturated rings. The molecule has 0 spiro atoms. The second kappa shape index (κ2) is 5.99. The summed E-state index contributed by atoms with van der Waals surface area (Å²) in [6.45, 7) is 2.44. The van der Waals surface area contributed by atoms with Gasteiger partial charge in [0.05, 0.1) is 16.9 Å². The van der Waals surface area contributed by atoms with Crippen molar-refractivity contribution in [1.29, 1.82) is 0 Å². The van der Waals surface area contributed by atoms with Crippen molar-refractivity contribution in [3.05, 3.63) is 27.8 Å². The van der Waals surface area contributed by atoms with Crippen LogP contribution in [0.1, 0.15) is 23.7 Å². The summed E-state index contributed by atoms with van der Waals surface area (Å²) in [5.74, 6) is -1.73. The molecule has 9 heteroatoms. The molecule has 1 aromatic carbocycles. The number of nitrogens with zero attached hydrogens (tertiary/aromatic N) is 2. The number of fused-ring (bicyclic) bond motifs is 1. The Kier molecular flexibility index (Phi) is 4.00. The average Bonchev–Trinajstić information content (AvgIpc) is 2.94. The third-order valence-electron chi connectivity index (χ3n) is 4.42. The summed E-state index contributed by atoms with van der Waals surface area (Å²) in [7, 11) is 0. The number of aliphatic carboxylic acids is 1. The van der Waals surface area contributed by atoms with E-state index in [0.717, 1.165) is 0 Å². The van der Waals surface area contributed by atoms with Crippen LogP contribution in [0.5, 0.6) is 11.5 Å². The molecule has 1 aromatic rings. The molecule has 1 saturated heterocycles. The minimum Gasteiger partial charge on any atom is -0.486 e. The van der Waals surface area contributed by atoms with Gasteiger partial charge in [-0.15, -0.1) is 0 Å². The van der Waals surface area contributed by atoms with Crippen LogP contribution in [0.4, 0.5) is 5.69 Å². The highest BCUT2D eigenvalue weighted by Gasteiger charge is 2.40. The number of hydrogen-bond acceptors (Lipinski definition) is 6. The number of carbonyl (C=O) groups excluding carboxylic acids is 1. The zero-order valence-electron chi connectivity index (χ0n) is 12.9. The highest BCUT2D eigenvalue weighted by Crippen LogP contribution is 2.38. The van der Waals surface area contributed by atoms with Gasteiger partial charge in [0.15, 0.2) is 11.5 Å². The second-order valence-electron chi connectivity index (χ2n) is 5.74. The minimum atomic E-state index is -0.977. The van der Waals surface area contributed by atoms with Crippen LogP contribution in [-0.4, -0.2) is 52.6 Å². The van der Waals surface area contributed by atoms with E-state index in [9.17, 15) is 24.8 Å². The van der Waals surface area contributed by atoms with Crippen molar-refractivity contribution in [2.45, 2.75) is 19.4 Å². The van der Waals surface area contributed by atoms with Gasteiger partial charge in [0, 0.05) is 18.7 Å². The predicted molar refractivity (Wildman–Crippen MR) is 80.3 cm³/mol. The van der Waals surface area contributed by atoms with E-state index in [-0.39, 0.29) is 35.9 Å². The van der Waals surface area contributed by atoms with Crippen molar-refractivity contribution in [1.82, 2.24) is 4.90 Å². The fraction of sp³-hybridized carbons (Fsp3) is 0.467. The fourth-order valence-electron chi connectivity index (χ4n) is 3.11. The molecule has 2 unspecified atom stereocenters. The van der Waals surface area contributed by atoms with Gasteiger partial charge in [-0.05, 0) is 13.3 Å². The Balaban J connectivity index is 1.97. The van der Waals surface area contributed by atoms with Crippen LogP contribution in [0.25, 0.3) is 0 Å². The molecule has 2 aliphatic heterocycles. The summed E-state index contributed by atoms with van der Waals surface area (Å²) >= 11 is 0. The minimum absolute atomic E-state index is 0.123. The van der Waals surface area contributed by atoms with E-state index < -0.39 is 28.8 Å². The SMILES string of the molecule is CC1C(C(=O)O)CCN1C(=O)c1cc2c(cc1[N+](=O)[O-])OCCO2. The van der Waals surface area contributed by atoms with E-state index in [1.165, 1.54) is 17.0 Å². The molecular weight excluding hydrogens is 320 g/mol. The Morgan fingerprint density at radius 1 is 1.29 bits per heavy atom. The number of rotatable bonds is 3. The van der Waals surface area contributed by atoms with Crippen LogP contribution >= 0.6 is 0 Å². The van der Waals surface area contributed by atoms with Crippen LogP contribution in [0.15, 0.2) is 12.1 Å². The Hall–Kier alpha value is -2.84. The van der Waals surface area contributed by atoms with Gasteiger partial charge < -0.3 is 19.5 Å². The molecule has 2 aliphatic rings. The molecule has 24 heavy (non-hydrogen) atoms. The highest BCUT2D eigenvalue weighted by molar-refractivity contribution is 5.99. The van der Waals surface area contributed by atoms with E-state index >= 15 is 0 Å². The summed E-state index contributed by atoms with van der Waals surface area (Å²) < 4.78 is 10.7. The molecule has 0 saturated carbocycles. The average molecular weight is 336 g/mol. The maximum atomic E-state index is 12.8. The van der Waals surface area contributed by atoms with Crippen molar-refractivity contribution in [3.8, 4) is 11.5 Å². The lowest BCUT2D eigenvalue weighted by molar-refractivity contribution is -0.385. The molecule has 9 nitrogen and oxygen atoms in total. The Bertz CT molecular complexity index is 718. The molecule has 3 rings (SSSR count). The summed E-state index contributed by atoms with van der Waals surface area (Å²) in [6.07, 6.45) is 0.320. The summed E-state index contributed by atoms with van der Waals surface area (Å²) in [4.78, 5) is 36.0. The molecule has 0 bridgehead atoms. The Morgan fingerprint density at radius 2 is 1.92 bits per heavy atom. The number of likely N-dealkylation sites (tertiary alicyclic amines) is 1. The summed E-state index contributed by atoms with van der Waals surface area (Å²) in [6, 6.07) is 1.94. The standard InChI is InChI=1S/C15H16N2O7/c1-8-9(15(19)20)2-3-16(8)14(18)10-6-12-13(24-5-4-23-12)7-11(10)17(21)22/h6-9H,2-5H2,1H3,(H,19,20). The van der Waals surface area contributed by atoms with Crippen molar-refractivity contribution < 1.29 is 29.1 Å².